The van der Waals surface area contributed by atoms with Crippen LogP contribution in [0.4, 0.5) is 0 Å². The van der Waals surface area contributed by atoms with Gasteiger partial charge in [-0.15, -0.1) is 0 Å². The van der Waals surface area contributed by atoms with Crippen LogP contribution in [0.5, 0.6) is 0 Å². The first-order valence-corrected chi connectivity index (χ1v) is 6.22. The highest BCUT2D eigenvalue weighted by molar-refractivity contribution is 5.09. The van der Waals surface area contributed by atoms with Crippen LogP contribution in [0.15, 0.2) is 6.07 Å². The fourth-order valence-corrected chi connectivity index (χ4v) is 1.92. The summed E-state index contributed by atoms with van der Waals surface area (Å²) in [6.07, 6.45) is 0.581. The highest BCUT2D eigenvalue weighted by atomic mass is 15.3. The van der Waals surface area contributed by atoms with E-state index in [0.717, 1.165) is 25.3 Å². The summed E-state index contributed by atoms with van der Waals surface area (Å²) >= 11 is 0. The Labute approximate surface area is 104 Å². The molecule has 0 fully saturated rings. The van der Waals surface area contributed by atoms with Crippen LogP contribution in [0.2, 0.25) is 0 Å². The summed E-state index contributed by atoms with van der Waals surface area (Å²) in [5.41, 5.74) is 2.29. The first-order valence-electron chi connectivity index (χ1n) is 6.22. The van der Waals surface area contributed by atoms with E-state index in [1.807, 2.05) is 11.6 Å². The molecule has 0 aliphatic heterocycles. The molecule has 4 nitrogen and oxygen atoms in total. The van der Waals surface area contributed by atoms with Crippen LogP contribution in [0.1, 0.15) is 38.6 Å². The zero-order valence-corrected chi connectivity index (χ0v) is 11.3. The van der Waals surface area contributed by atoms with E-state index in [9.17, 15) is 0 Å². The van der Waals surface area contributed by atoms with Crippen molar-refractivity contribution in [2.75, 3.05) is 6.54 Å². The molecule has 4 heteroatoms. The van der Waals surface area contributed by atoms with Crippen molar-refractivity contribution in [2.45, 2.75) is 53.2 Å². The maximum Gasteiger partial charge on any atom is 0.0635 e. The lowest BCUT2D eigenvalue weighted by Gasteiger charge is -2.25. The van der Waals surface area contributed by atoms with E-state index < -0.39 is 0 Å². The van der Waals surface area contributed by atoms with Crippen molar-refractivity contribution < 1.29 is 0 Å². The Kier molecular flexibility index (Phi) is 5.17. The van der Waals surface area contributed by atoms with Gasteiger partial charge in [0.2, 0.25) is 0 Å². The minimum Gasteiger partial charge on any atom is -0.294 e. The second-order valence-corrected chi connectivity index (χ2v) is 4.57. The Morgan fingerprint density at radius 2 is 2.24 bits per heavy atom. The molecule has 0 spiro atoms. The highest BCUT2D eigenvalue weighted by Crippen LogP contribution is 2.10. The number of aryl methyl sites for hydroxylation is 2. The predicted octanol–water partition coefficient (Wildman–Crippen LogP) is 2.34. The summed E-state index contributed by atoms with van der Waals surface area (Å²) in [7, 11) is 0. The summed E-state index contributed by atoms with van der Waals surface area (Å²) in [6, 6.07) is 4.79. The van der Waals surface area contributed by atoms with Gasteiger partial charge in [0.15, 0.2) is 0 Å². The van der Waals surface area contributed by atoms with E-state index in [-0.39, 0.29) is 0 Å². The fraction of sp³-hybridized carbons (Fsp3) is 0.692. The van der Waals surface area contributed by atoms with Crippen LogP contribution in [-0.4, -0.2) is 27.3 Å². The van der Waals surface area contributed by atoms with Gasteiger partial charge >= 0.3 is 0 Å². The molecule has 17 heavy (non-hydrogen) atoms. The van der Waals surface area contributed by atoms with Gasteiger partial charge in [0, 0.05) is 32.1 Å². The monoisotopic (exact) mass is 234 g/mol. The van der Waals surface area contributed by atoms with Gasteiger partial charge in [-0.25, -0.2) is 0 Å². The summed E-state index contributed by atoms with van der Waals surface area (Å²) < 4.78 is 2.04. The van der Waals surface area contributed by atoms with Gasteiger partial charge in [0.05, 0.1) is 17.5 Å². The number of nitriles is 1. The number of rotatable bonds is 6. The predicted molar refractivity (Wildman–Crippen MR) is 68.4 cm³/mol. The topological polar surface area (TPSA) is 44.9 Å². The summed E-state index contributed by atoms with van der Waals surface area (Å²) in [5, 5.41) is 13.1. The lowest BCUT2D eigenvalue weighted by Crippen LogP contribution is -2.32. The first kappa shape index (κ1) is 13.7. The molecule has 0 radical (unpaired) electrons. The van der Waals surface area contributed by atoms with Gasteiger partial charge in [0.1, 0.15) is 0 Å². The molecular weight excluding hydrogens is 212 g/mol. The van der Waals surface area contributed by atoms with Crippen LogP contribution in [0, 0.1) is 18.3 Å². The maximum atomic E-state index is 8.67. The van der Waals surface area contributed by atoms with Crippen LogP contribution in [-0.2, 0) is 13.1 Å². The zero-order chi connectivity index (χ0) is 12.8. The van der Waals surface area contributed by atoms with Gasteiger partial charge < -0.3 is 0 Å². The lowest BCUT2D eigenvalue weighted by atomic mass is 10.2. The molecule has 0 atom stereocenters. The number of hydrogen-bond acceptors (Lipinski definition) is 3. The van der Waals surface area contributed by atoms with E-state index in [1.165, 1.54) is 5.69 Å². The molecule has 0 N–H and O–H groups in total. The smallest absolute Gasteiger partial charge is 0.0635 e. The third-order valence-corrected chi connectivity index (χ3v) is 2.89. The standard InChI is InChI=1S/C13H22N4/c1-5-17-13(9-12(4)15-17)10-16(11(2)3)8-6-7-14/h9,11H,5-6,8,10H2,1-4H3. The van der Waals surface area contributed by atoms with Crippen molar-refractivity contribution in [3.05, 3.63) is 17.5 Å². The van der Waals surface area contributed by atoms with E-state index in [0.29, 0.717) is 12.5 Å². The highest BCUT2D eigenvalue weighted by Gasteiger charge is 2.13. The van der Waals surface area contributed by atoms with Gasteiger partial charge in [-0.05, 0) is 33.8 Å². The molecule has 0 unspecified atom stereocenters. The van der Waals surface area contributed by atoms with Crippen LogP contribution < -0.4 is 0 Å². The third-order valence-electron chi connectivity index (χ3n) is 2.89. The molecule has 0 aliphatic rings. The Morgan fingerprint density at radius 1 is 1.53 bits per heavy atom. The van der Waals surface area contributed by atoms with E-state index in [4.69, 9.17) is 5.26 Å². The molecule has 0 bridgehead atoms. The van der Waals surface area contributed by atoms with Crippen LogP contribution in [0.25, 0.3) is 0 Å². The van der Waals surface area contributed by atoms with Crippen molar-refractivity contribution in [2.24, 2.45) is 0 Å². The van der Waals surface area contributed by atoms with Crippen molar-refractivity contribution in [3.8, 4) is 6.07 Å². The lowest BCUT2D eigenvalue weighted by molar-refractivity contribution is 0.211. The minimum atomic E-state index is 0.448. The van der Waals surface area contributed by atoms with Crippen molar-refractivity contribution >= 4 is 0 Å². The average Bonchev–Trinajstić information content (AvgIpc) is 2.64. The molecular formula is C13H22N4. The number of hydrogen-bond donors (Lipinski definition) is 0. The Morgan fingerprint density at radius 3 is 2.76 bits per heavy atom. The SMILES string of the molecule is CCn1nc(C)cc1CN(CCC#N)C(C)C. The molecule has 94 valence electrons. The quantitative estimate of drug-likeness (QED) is 0.759. The Bertz CT molecular complexity index is 387. The van der Waals surface area contributed by atoms with Crippen molar-refractivity contribution in [1.82, 2.24) is 14.7 Å². The molecule has 0 aliphatic carbocycles. The van der Waals surface area contributed by atoms with E-state index in [2.05, 4.69) is 42.9 Å². The van der Waals surface area contributed by atoms with Gasteiger partial charge in [0.25, 0.3) is 0 Å². The Hall–Kier alpha value is -1.34. The molecule has 1 aromatic heterocycles. The van der Waals surface area contributed by atoms with Crippen LogP contribution >= 0.6 is 0 Å². The first-order chi connectivity index (χ1) is 8.08. The van der Waals surface area contributed by atoms with E-state index in [1.54, 1.807) is 0 Å². The number of aromatic nitrogens is 2. The second-order valence-electron chi connectivity index (χ2n) is 4.57. The normalized spacial score (nSPS) is 11.1. The fourth-order valence-electron chi connectivity index (χ4n) is 1.92. The van der Waals surface area contributed by atoms with Gasteiger partial charge in [-0.2, -0.15) is 10.4 Å². The van der Waals surface area contributed by atoms with Crippen molar-refractivity contribution in [1.29, 1.82) is 5.26 Å². The molecule has 0 aromatic carbocycles. The average molecular weight is 234 g/mol. The molecule has 0 saturated heterocycles. The molecule has 1 aromatic rings. The van der Waals surface area contributed by atoms with Gasteiger partial charge in [-0.1, -0.05) is 0 Å². The van der Waals surface area contributed by atoms with Crippen molar-refractivity contribution in [3.63, 3.8) is 0 Å². The summed E-state index contributed by atoms with van der Waals surface area (Å²) in [6.45, 7) is 11.0. The summed E-state index contributed by atoms with van der Waals surface area (Å²) in [4.78, 5) is 2.31. The van der Waals surface area contributed by atoms with Gasteiger partial charge in [-0.3, -0.25) is 9.58 Å². The number of nitrogens with zero attached hydrogens (tertiary/aromatic N) is 4. The molecule has 1 rings (SSSR count). The molecule has 1 heterocycles. The Balaban J connectivity index is 2.74. The third kappa shape index (κ3) is 3.86. The molecule has 0 amide bonds. The summed E-state index contributed by atoms with van der Waals surface area (Å²) in [5.74, 6) is 0. The second kappa shape index (κ2) is 6.41. The van der Waals surface area contributed by atoms with Crippen LogP contribution in [0.3, 0.4) is 0 Å². The zero-order valence-electron chi connectivity index (χ0n) is 11.3. The van der Waals surface area contributed by atoms with E-state index >= 15 is 0 Å². The largest absolute Gasteiger partial charge is 0.294 e. The maximum absolute atomic E-state index is 8.67. The minimum absolute atomic E-state index is 0.448. The molecule has 0 saturated carbocycles.